The van der Waals surface area contributed by atoms with E-state index in [1.807, 2.05) is 73.6 Å². The van der Waals surface area contributed by atoms with Crippen LogP contribution in [0.4, 0.5) is 5.69 Å². The van der Waals surface area contributed by atoms with Crippen LogP contribution in [-0.4, -0.2) is 35.0 Å². The van der Waals surface area contributed by atoms with E-state index in [1.54, 1.807) is 10.9 Å². The molecule has 2 aromatic carbocycles. The second-order valence-corrected chi connectivity index (χ2v) is 5.42. The van der Waals surface area contributed by atoms with E-state index >= 15 is 0 Å². The van der Waals surface area contributed by atoms with Crippen LogP contribution in [0.3, 0.4) is 0 Å². The second-order valence-electron chi connectivity index (χ2n) is 5.42. The number of aromatic carboxylic acids is 1. The normalized spacial score (nSPS) is 10.5. The van der Waals surface area contributed by atoms with E-state index < -0.39 is 5.97 Å². The molecule has 0 atom stereocenters. The Kier molecular flexibility index (Phi) is 3.85. The highest BCUT2D eigenvalue weighted by molar-refractivity contribution is 5.94. The van der Waals surface area contributed by atoms with E-state index in [1.165, 1.54) is 0 Å². The number of hydrogen-bond donors (Lipinski definition) is 1. The first-order valence-electron chi connectivity index (χ1n) is 7.22. The first-order chi connectivity index (χ1) is 11.1. The second kappa shape index (κ2) is 5.96. The Morgan fingerprint density at radius 3 is 2.26 bits per heavy atom. The molecule has 0 aliphatic carbocycles. The maximum atomic E-state index is 11.6. The molecule has 3 aromatic rings. The van der Waals surface area contributed by atoms with Gasteiger partial charge in [-0.25, -0.2) is 9.48 Å². The van der Waals surface area contributed by atoms with E-state index in [-0.39, 0.29) is 5.56 Å². The predicted octanol–water partition coefficient (Wildman–Crippen LogP) is 3.30. The van der Waals surface area contributed by atoms with Gasteiger partial charge in [-0.3, -0.25) is 0 Å². The minimum Gasteiger partial charge on any atom is -0.478 e. The molecule has 0 saturated carbocycles. The van der Waals surface area contributed by atoms with Crippen LogP contribution in [0.2, 0.25) is 0 Å². The lowest BCUT2D eigenvalue weighted by Gasteiger charge is -2.12. The van der Waals surface area contributed by atoms with Crippen LogP contribution >= 0.6 is 0 Å². The van der Waals surface area contributed by atoms with Crippen LogP contribution in [0.15, 0.2) is 60.8 Å². The largest absolute Gasteiger partial charge is 0.478 e. The summed E-state index contributed by atoms with van der Waals surface area (Å²) in [6, 6.07) is 17.1. The highest BCUT2D eigenvalue weighted by Crippen LogP contribution is 2.25. The van der Waals surface area contributed by atoms with Crippen molar-refractivity contribution >= 4 is 11.7 Å². The molecule has 0 aliphatic rings. The van der Waals surface area contributed by atoms with E-state index in [4.69, 9.17) is 0 Å². The molecule has 0 radical (unpaired) electrons. The summed E-state index contributed by atoms with van der Waals surface area (Å²) < 4.78 is 1.60. The minimum atomic E-state index is -0.987. The maximum absolute atomic E-state index is 11.6. The average molecular weight is 307 g/mol. The summed E-state index contributed by atoms with van der Waals surface area (Å²) >= 11 is 0. The zero-order valence-electron chi connectivity index (χ0n) is 13.0. The fourth-order valence-corrected chi connectivity index (χ4v) is 2.37. The summed E-state index contributed by atoms with van der Waals surface area (Å²) in [6.45, 7) is 0. The number of rotatable bonds is 4. The SMILES string of the molecule is CN(C)c1ccc(-c2nn(-c3ccccc3)cc2C(=O)O)cc1. The molecule has 0 unspecified atom stereocenters. The number of benzene rings is 2. The Bertz CT molecular complexity index is 821. The number of nitrogens with zero attached hydrogens (tertiary/aromatic N) is 3. The molecule has 116 valence electrons. The van der Waals surface area contributed by atoms with Crippen molar-refractivity contribution in [3.05, 3.63) is 66.4 Å². The van der Waals surface area contributed by atoms with E-state index in [9.17, 15) is 9.90 Å². The van der Waals surface area contributed by atoms with Crippen LogP contribution in [0.5, 0.6) is 0 Å². The summed E-state index contributed by atoms with van der Waals surface area (Å²) in [6.07, 6.45) is 1.55. The number of hydrogen-bond acceptors (Lipinski definition) is 3. The zero-order chi connectivity index (χ0) is 16.4. The van der Waals surface area contributed by atoms with Gasteiger partial charge in [0.2, 0.25) is 0 Å². The summed E-state index contributed by atoms with van der Waals surface area (Å²) in [5, 5.41) is 13.9. The lowest BCUT2D eigenvalue weighted by atomic mass is 10.1. The highest BCUT2D eigenvalue weighted by atomic mass is 16.4. The van der Waals surface area contributed by atoms with Crippen molar-refractivity contribution in [1.82, 2.24) is 9.78 Å². The third-order valence-electron chi connectivity index (χ3n) is 3.62. The molecular formula is C18H17N3O2. The summed E-state index contributed by atoms with van der Waals surface area (Å²) in [7, 11) is 3.92. The van der Waals surface area contributed by atoms with Gasteiger partial charge in [0.15, 0.2) is 0 Å². The molecule has 0 amide bonds. The fourth-order valence-electron chi connectivity index (χ4n) is 2.37. The number of anilines is 1. The summed E-state index contributed by atoms with van der Waals surface area (Å²) in [5.41, 5.74) is 3.31. The fraction of sp³-hybridized carbons (Fsp3) is 0.111. The van der Waals surface area contributed by atoms with Gasteiger partial charge in [0.1, 0.15) is 11.3 Å². The molecule has 23 heavy (non-hydrogen) atoms. The number of aromatic nitrogens is 2. The van der Waals surface area contributed by atoms with Crippen LogP contribution in [0, 0.1) is 0 Å². The molecule has 0 spiro atoms. The lowest BCUT2D eigenvalue weighted by Crippen LogP contribution is -2.08. The van der Waals surface area contributed by atoms with Gasteiger partial charge in [-0.15, -0.1) is 0 Å². The van der Waals surface area contributed by atoms with Gasteiger partial charge in [-0.05, 0) is 24.3 Å². The van der Waals surface area contributed by atoms with Crippen molar-refractivity contribution in [2.75, 3.05) is 19.0 Å². The Morgan fingerprint density at radius 2 is 1.70 bits per heavy atom. The van der Waals surface area contributed by atoms with Crippen LogP contribution < -0.4 is 4.90 Å². The average Bonchev–Trinajstić information content (AvgIpc) is 3.01. The van der Waals surface area contributed by atoms with Gasteiger partial charge >= 0.3 is 5.97 Å². The van der Waals surface area contributed by atoms with E-state index in [0.717, 1.165) is 16.9 Å². The standard InChI is InChI=1S/C18H17N3O2/c1-20(2)14-10-8-13(9-11-14)17-16(18(22)23)12-21(19-17)15-6-4-3-5-7-15/h3-12H,1-2H3,(H,22,23). The number of carboxylic acid groups (broad SMARTS) is 1. The van der Waals surface area contributed by atoms with Gasteiger partial charge < -0.3 is 10.0 Å². The monoisotopic (exact) mass is 307 g/mol. The van der Waals surface area contributed by atoms with Crippen molar-refractivity contribution in [1.29, 1.82) is 0 Å². The Hall–Kier alpha value is -3.08. The number of carbonyl (C=O) groups is 1. The molecule has 0 saturated heterocycles. The van der Waals surface area contributed by atoms with E-state index in [2.05, 4.69) is 5.10 Å². The predicted molar refractivity (Wildman–Crippen MR) is 90.3 cm³/mol. The lowest BCUT2D eigenvalue weighted by molar-refractivity contribution is 0.0697. The van der Waals surface area contributed by atoms with Crippen molar-refractivity contribution in [2.24, 2.45) is 0 Å². The Morgan fingerprint density at radius 1 is 1.04 bits per heavy atom. The molecule has 5 nitrogen and oxygen atoms in total. The summed E-state index contributed by atoms with van der Waals surface area (Å²) in [5.74, 6) is -0.987. The molecule has 1 N–H and O–H groups in total. The van der Waals surface area contributed by atoms with Gasteiger partial charge in [0, 0.05) is 31.5 Å². The quantitative estimate of drug-likeness (QED) is 0.803. The third kappa shape index (κ3) is 2.94. The number of para-hydroxylation sites is 1. The molecular weight excluding hydrogens is 290 g/mol. The summed E-state index contributed by atoms with van der Waals surface area (Å²) in [4.78, 5) is 13.5. The van der Waals surface area contributed by atoms with Crippen molar-refractivity contribution < 1.29 is 9.90 Å². The Balaban J connectivity index is 2.07. The van der Waals surface area contributed by atoms with Gasteiger partial charge in [-0.1, -0.05) is 30.3 Å². The van der Waals surface area contributed by atoms with Crippen LogP contribution in [-0.2, 0) is 0 Å². The number of carboxylic acids is 1. The molecule has 5 heteroatoms. The maximum Gasteiger partial charge on any atom is 0.339 e. The minimum absolute atomic E-state index is 0.187. The molecule has 0 bridgehead atoms. The van der Waals surface area contributed by atoms with Gasteiger partial charge in [0.05, 0.1) is 5.69 Å². The molecule has 1 heterocycles. The van der Waals surface area contributed by atoms with Crippen LogP contribution in [0.25, 0.3) is 16.9 Å². The van der Waals surface area contributed by atoms with Gasteiger partial charge in [0.25, 0.3) is 0 Å². The van der Waals surface area contributed by atoms with Crippen LogP contribution in [0.1, 0.15) is 10.4 Å². The first-order valence-corrected chi connectivity index (χ1v) is 7.22. The van der Waals surface area contributed by atoms with Crippen molar-refractivity contribution in [3.8, 4) is 16.9 Å². The molecule has 0 fully saturated rings. The smallest absolute Gasteiger partial charge is 0.339 e. The molecule has 1 aromatic heterocycles. The van der Waals surface area contributed by atoms with Crippen molar-refractivity contribution in [2.45, 2.75) is 0 Å². The molecule has 3 rings (SSSR count). The van der Waals surface area contributed by atoms with E-state index in [0.29, 0.717) is 5.69 Å². The first kappa shape index (κ1) is 14.8. The van der Waals surface area contributed by atoms with Gasteiger partial charge in [-0.2, -0.15) is 5.10 Å². The highest BCUT2D eigenvalue weighted by Gasteiger charge is 2.17. The molecule has 0 aliphatic heterocycles. The Labute approximate surface area is 134 Å². The topological polar surface area (TPSA) is 58.4 Å². The zero-order valence-corrected chi connectivity index (χ0v) is 13.0. The third-order valence-corrected chi connectivity index (χ3v) is 3.62. The van der Waals surface area contributed by atoms with Crippen molar-refractivity contribution in [3.63, 3.8) is 0 Å².